The third kappa shape index (κ3) is 3.11. The Hall–Kier alpha value is -1.41. The second kappa shape index (κ2) is 4.54. The third-order valence-electron chi connectivity index (χ3n) is 2.53. The summed E-state index contributed by atoms with van der Waals surface area (Å²) in [6.45, 7) is 2.72. The van der Waals surface area contributed by atoms with E-state index in [4.69, 9.17) is 4.55 Å². The average molecular weight is 360 g/mol. The maximum atomic E-state index is 11.4. The van der Waals surface area contributed by atoms with E-state index in [-0.39, 0.29) is 11.1 Å². The standard InChI is InChI=1S/C8H8O10S3/c1-4-3-6(19(9,10)11)8-7(5(4)2)16-20(12,13)18-21(14,15)17-8/h3H,1-2H3,(H,9,10,11). The first-order valence-corrected chi connectivity index (χ1v) is 9.15. The summed E-state index contributed by atoms with van der Waals surface area (Å²) in [6.07, 6.45) is 0. The smallest absolute Gasteiger partial charge is 0.356 e. The summed E-state index contributed by atoms with van der Waals surface area (Å²) < 4.78 is 89.4. The van der Waals surface area contributed by atoms with Gasteiger partial charge in [0.2, 0.25) is 5.75 Å². The van der Waals surface area contributed by atoms with Gasteiger partial charge in [0.15, 0.2) is 5.75 Å². The van der Waals surface area contributed by atoms with Crippen LogP contribution in [0.15, 0.2) is 11.0 Å². The molecule has 1 heterocycles. The van der Waals surface area contributed by atoms with Crippen molar-refractivity contribution in [1.29, 1.82) is 0 Å². The topological polar surface area (TPSA) is 150 Å². The quantitative estimate of drug-likeness (QED) is 0.668. The first kappa shape index (κ1) is 16.0. The molecule has 0 saturated carbocycles. The van der Waals surface area contributed by atoms with Gasteiger partial charge in [-0.05, 0) is 31.0 Å². The van der Waals surface area contributed by atoms with Crippen LogP contribution < -0.4 is 8.37 Å². The average Bonchev–Trinajstić information content (AvgIpc) is 2.33. The molecule has 0 aromatic heterocycles. The highest BCUT2D eigenvalue weighted by Crippen LogP contribution is 2.42. The van der Waals surface area contributed by atoms with Crippen LogP contribution in [-0.4, -0.2) is 29.8 Å². The second-order valence-electron chi connectivity index (χ2n) is 4.00. The number of rotatable bonds is 1. The molecule has 1 aliphatic rings. The molecule has 1 aliphatic heterocycles. The van der Waals surface area contributed by atoms with Crippen LogP contribution in [-0.2, 0) is 34.5 Å². The van der Waals surface area contributed by atoms with Crippen LogP contribution in [0.25, 0.3) is 0 Å². The zero-order valence-corrected chi connectivity index (χ0v) is 12.9. The maximum Gasteiger partial charge on any atom is 0.466 e. The summed E-state index contributed by atoms with van der Waals surface area (Å²) >= 11 is 0. The van der Waals surface area contributed by atoms with Gasteiger partial charge in [0, 0.05) is 0 Å². The van der Waals surface area contributed by atoms with Gasteiger partial charge in [-0.1, -0.05) is 3.63 Å². The third-order valence-corrected chi connectivity index (χ3v) is 5.46. The largest absolute Gasteiger partial charge is 0.466 e. The van der Waals surface area contributed by atoms with Crippen LogP contribution in [0.1, 0.15) is 11.1 Å². The highest BCUT2D eigenvalue weighted by Gasteiger charge is 2.38. The maximum absolute atomic E-state index is 11.4. The lowest BCUT2D eigenvalue weighted by Crippen LogP contribution is -2.18. The Bertz CT molecular complexity index is 923. The molecular weight excluding hydrogens is 352 g/mol. The van der Waals surface area contributed by atoms with Gasteiger partial charge < -0.3 is 8.37 Å². The lowest BCUT2D eigenvalue weighted by atomic mass is 10.1. The van der Waals surface area contributed by atoms with Crippen LogP contribution in [0.4, 0.5) is 0 Å². The van der Waals surface area contributed by atoms with Crippen LogP contribution in [0, 0.1) is 13.8 Å². The fourth-order valence-corrected chi connectivity index (χ4v) is 4.10. The molecule has 10 nitrogen and oxygen atoms in total. The molecule has 1 N–H and O–H groups in total. The minimum atomic E-state index is -5.14. The Morgan fingerprint density at radius 2 is 1.48 bits per heavy atom. The van der Waals surface area contributed by atoms with Gasteiger partial charge in [0.1, 0.15) is 4.90 Å². The van der Waals surface area contributed by atoms with E-state index in [0.29, 0.717) is 0 Å². The van der Waals surface area contributed by atoms with E-state index in [1.54, 1.807) is 0 Å². The van der Waals surface area contributed by atoms with Crippen LogP contribution in [0.3, 0.4) is 0 Å². The summed E-state index contributed by atoms with van der Waals surface area (Å²) in [6, 6.07) is 0.903. The normalized spacial score (nSPS) is 19.8. The zero-order chi connectivity index (χ0) is 16.2. The molecule has 118 valence electrons. The van der Waals surface area contributed by atoms with Gasteiger partial charge in [-0.3, -0.25) is 4.55 Å². The van der Waals surface area contributed by atoms with Gasteiger partial charge >= 0.3 is 20.8 Å². The number of benzene rings is 1. The SMILES string of the molecule is Cc1cc(S(=O)(=O)O)c2c(c1C)OS(=O)(=O)OS(=O)(=O)O2. The van der Waals surface area contributed by atoms with Gasteiger partial charge in [0.05, 0.1) is 0 Å². The van der Waals surface area contributed by atoms with Crippen LogP contribution >= 0.6 is 0 Å². The highest BCUT2D eigenvalue weighted by molar-refractivity contribution is 7.95. The van der Waals surface area contributed by atoms with Crippen molar-refractivity contribution in [3.63, 3.8) is 0 Å². The minimum Gasteiger partial charge on any atom is -0.356 e. The first-order valence-electron chi connectivity index (χ1n) is 5.04. The van der Waals surface area contributed by atoms with E-state index in [1.165, 1.54) is 13.8 Å². The molecule has 1 aromatic rings. The minimum absolute atomic E-state index is 0.0849. The van der Waals surface area contributed by atoms with Crippen molar-refractivity contribution in [3.05, 3.63) is 17.2 Å². The predicted molar refractivity (Wildman–Crippen MR) is 65.9 cm³/mol. The monoisotopic (exact) mass is 360 g/mol. The number of hydrogen-bond acceptors (Lipinski definition) is 9. The van der Waals surface area contributed by atoms with Crippen molar-refractivity contribution >= 4 is 30.9 Å². The predicted octanol–water partition coefficient (Wildman–Crippen LogP) is -0.172. The molecule has 2 rings (SSSR count). The van der Waals surface area contributed by atoms with Crippen molar-refractivity contribution in [3.8, 4) is 11.5 Å². The summed E-state index contributed by atoms with van der Waals surface area (Å²) in [7, 11) is -15.1. The summed E-state index contributed by atoms with van der Waals surface area (Å²) in [4.78, 5) is -0.968. The molecule has 0 saturated heterocycles. The molecule has 0 atom stereocenters. The lowest BCUT2D eigenvalue weighted by Gasteiger charge is -2.12. The summed E-state index contributed by atoms with van der Waals surface area (Å²) in [5.41, 5.74) is 0.293. The van der Waals surface area contributed by atoms with Crippen LogP contribution in [0.5, 0.6) is 11.5 Å². The fraction of sp³-hybridized carbons (Fsp3) is 0.250. The summed E-state index contributed by atoms with van der Waals surface area (Å²) in [5.74, 6) is -1.70. The Labute approximate surface area is 120 Å². The van der Waals surface area contributed by atoms with Crippen molar-refractivity contribution in [1.82, 2.24) is 0 Å². The Balaban J connectivity index is 2.96. The first-order chi connectivity index (χ1) is 9.32. The molecule has 0 spiro atoms. The number of fused-ring (bicyclic) bond motifs is 1. The van der Waals surface area contributed by atoms with Gasteiger partial charge in [-0.25, -0.2) is 0 Å². The van der Waals surface area contributed by atoms with E-state index in [9.17, 15) is 25.3 Å². The highest BCUT2D eigenvalue weighted by atomic mass is 32.3. The fourth-order valence-electron chi connectivity index (χ4n) is 1.54. The molecule has 1 aromatic carbocycles. The lowest BCUT2D eigenvalue weighted by molar-refractivity contribution is 0.371. The number of hydrogen-bond donors (Lipinski definition) is 1. The van der Waals surface area contributed by atoms with Crippen molar-refractivity contribution in [2.45, 2.75) is 18.7 Å². The second-order valence-corrected chi connectivity index (χ2v) is 7.90. The Morgan fingerprint density at radius 1 is 1.00 bits per heavy atom. The van der Waals surface area contributed by atoms with Gasteiger partial charge in [0.25, 0.3) is 10.1 Å². The molecule has 13 heteroatoms. The molecule has 0 radical (unpaired) electrons. The molecule has 0 amide bonds. The van der Waals surface area contributed by atoms with Crippen molar-refractivity contribution < 1.29 is 41.8 Å². The number of aryl methyl sites for hydroxylation is 1. The molecule has 0 fully saturated rings. The van der Waals surface area contributed by atoms with E-state index < -0.39 is 47.3 Å². The molecule has 0 aliphatic carbocycles. The van der Waals surface area contributed by atoms with E-state index in [2.05, 4.69) is 12.0 Å². The summed E-state index contributed by atoms with van der Waals surface area (Å²) in [5, 5.41) is 0. The zero-order valence-electron chi connectivity index (χ0n) is 10.4. The van der Waals surface area contributed by atoms with E-state index in [0.717, 1.165) is 6.07 Å². The molecule has 0 unspecified atom stereocenters. The Kier molecular flexibility index (Phi) is 3.45. The molecule has 21 heavy (non-hydrogen) atoms. The molecular formula is C8H8O10S3. The van der Waals surface area contributed by atoms with Gasteiger partial charge in [-0.15, -0.1) is 0 Å². The van der Waals surface area contributed by atoms with Crippen molar-refractivity contribution in [2.24, 2.45) is 0 Å². The van der Waals surface area contributed by atoms with Gasteiger partial charge in [-0.2, -0.15) is 25.3 Å². The van der Waals surface area contributed by atoms with E-state index >= 15 is 0 Å². The van der Waals surface area contributed by atoms with Crippen molar-refractivity contribution in [2.75, 3.05) is 0 Å². The Morgan fingerprint density at radius 3 is 1.95 bits per heavy atom. The van der Waals surface area contributed by atoms with Crippen LogP contribution in [0.2, 0.25) is 0 Å². The van der Waals surface area contributed by atoms with E-state index in [1.807, 2.05) is 0 Å². The molecule has 0 bridgehead atoms.